The van der Waals surface area contributed by atoms with E-state index < -0.39 is 0 Å². The van der Waals surface area contributed by atoms with Crippen molar-refractivity contribution in [3.8, 4) is 11.5 Å². The third-order valence-corrected chi connectivity index (χ3v) is 6.93. The maximum absolute atomic E-state index is 10.0. The first kappa shape index (κ1) is 22.4. The van der Waals surface area contributed by atoms with Gasteiger partial charge in [-0.15, -0.1) is 0 Å². The number of phenols is 1. The number of rotatable bonds is 6. The summed E-state index contributed by atoms with van der Waals surface area (Å²) in [7, 11) is 0. The van der Waals surface area contributed by atoms with Gasteiger partial charge >= 0.3 is 0 Å². The zero-order valence-corrected chi connectivity index (χ0v) is 18.0. The molecular weight excluding hydrogens is 394 g/mol. The summed E-state index contributed by atoms with van der Waals surface area (Å²) >= 11 is 0. The molecule has 1 N–H and O–H groups in total. The fourth-order valence-electron chi connectivity index (χ4n) is 5.35. The van der Waals surface area contributed by atoms with Gasteiger partial charge in [0.15, 0.2) is 0 Å². The summed E-state index contributed by atoms with van der Waals surface area (Å²) in [6.45, 7) is 4.18. The number of ether oxygens (including phenoxy) is 1. The molecule has 0 aromatic heterocycles. The van der Waals surface area contributed by atoms with Gasteiger partial charge in [0.25, 0.3) is 0 Å². The topological polar surface area (TPSA) is 32.7 Å². The summed E-state index contributed by atoms with van der Waals surface area (Å²) in [6.07, 6.45) is 4.71. The number of fused-ring (bicyclic) bond motifs is 1. The summed E-state index contributed by atoms with van der Waals surface area (Å²) in [4.78, 5) is 2.48. The maximum atomic E-state index is 10.0. The molecule has 1 aliphatic carbocycles. The molecule has 0 radical (unpaired) electrons. The van der Waals surface area contributed by atoms with Crippen molar-refractivity contribution in [3.63, 3.8) is 0 Å². The lowest BCUT2D eigenvalue weighted by Gasteiger charge is -2.35. The fraction of sp³-hybridized carbons (Fsp3) is 0.379. The highest BCUT2D eigenvalue weighted by Crippen LogP contribution is 2.47. The summed E-state index contributed by atoms with van der Waals surface area (Å²) < 4.78 is 6.03. The van der Waals surface area contributed by atoms with Crippen LogP contribution in [0.1, 0.15) is 60.8 Å². The number of nitrogens with zero attached hydrogens (tertiary/aromatic N) is 1. The van der Waals surface area contributed by atoms with Crippen LogP contribution in [0.5, 0.6) is 11.5 Å². The van der Waals surface area contributed by atoms with E-state index in [0.717, 1.165) is 31.7 Å². The predicted molar refractivity (Wildman–Crippen MR) is 132 cm³/mol. The zero-order chi connectivity index (χ0) is 21.0. The molecule has 3 aromatic rings. The van der Waals surface area contributed by atoms with Crippen LogP contribution in [-0.2, 0) is 6.42 Å². The van der Waals surface area contributed by atoms with E-state index in [4.69, 9.17) is 4.74 Å². The molecule has 168 valence electrons. The van der Waals surface area contributed by atoms with E-state index >= 15 is 0 Å². The molecule has 32 heavy (non-hydrogen) atoms. The van der Waals surface area contributed by atoms with Crippen molar-refractivity contribution >= 4 is 0 Å². The van der Waals surface area contributed by atoms with Crippen LogP contribution in [0, 0.1) is 0 Å². The smallest absolute Gasteiger partial charge is 0.119 e. The highest BCUT2D eigenvalue weighted by atomic mass is 16.5. The summed E-state index contributed by atoms with van der Waals surface area (Å²) in [5, 5.41) is 10.0. The van der Waals surface area contributed by atoms with Crippen LogP contribution in [-0.4, -0.2) is 36.2 Å². The summed E-state index contributed by atoms with van der Waals surface area (Å²) in [5.41, 5.74) is 5.30. The maximum Gasteiger partial charge on any atom is 0.119 e. The van der Waals surface area contributed by atoms with Crippen molar-refractivity contribution in [1.29, 1.82) is 0 Å². The molecule has 2 atom stereocenters. The van der Waals surface area contributed by atoms with Crippen molar-refractivity contribution < 1.29 is 9.84 Å². The minimum atomic E-state index is 0. The Bertz CT molecular complexity index is 993. The Kier molecular flexibility index (Phi) is 7.16. The van der Waals surface area contributed by atoms with Gasteiger partial charge in [0.1, 0.15) is 18.1 Å². The Morgan fingerprint density at radius 1 is 0.875 bits per heavy atom. The first-order chi connectivity index (χ1) is 15.3. The molecule has 3 nitrogen and oxygen atoms in total. The van der Waals surface area contributed by atoms with E-state index in [1.165, 1.54) is 48.2 Å². The number of hydrogen-bond acceptors (Lipinski definition) is 3. The molecule has 0 amide bonds. The van der Waals surface area contributed by atoms with Crippen LogP contribution >= 0.6 is 0 Å². The van der Waals surface area contributed by atoms with Gasteiger partial charge in [-0.2, -0.15) is 0 Å². The number of phenolic OH excluding ortho intramolecular Hbond substituents is 1. The lowest BCUT2D eigenvalue weighted by Crippen LogP contribution is -2.25. The van der Waals surface area contributed by atoms with E-state index in [9.17, 15) is 5.11 Å². The zero-order valence-electron chi connectivity index (χ0n) is 18.0. The molecule has 2 unspecified atom stereocenters. The number of likely N-dealkylation sites (tertiary alicyclic amines) is 1. The first-order valence-corrected chi connectivity index (χ1v) is 11.6. The number of aryl methyl sites for hydroxylation is 1. The molecule has 1 heterocycles. The minimum Gasteiger partial charge on any atom is -0.508 e. The van der Waals surface area contributed by atoms with Crippen LogP contribution in [0.15, 0.2) is 72.8 Å². The highest BCUT2D eigenvalue weighted by Gasteiger charge is 2.32. The second-order valence-electron chi connectivity index (χ2n) is 8.88. The van der Waals surface area contributed by atoms with Crippen LogP contribution < -0.4 is 4.74 Å². The molecular formula is C29H35NO2. The van der Waals surface area contributed by atoms with Gasteiger partial charge in [0.2, 0.25) is 0 Å². The van der Waals surface area contributed by atoms with Gasteiger partial charge in [-0.3, -0.25) is 4.90 Å². The second kappa shape index (κ2) is 10.2. The summed E-state index contributed by atoms with van der Waals surface area (Å²) in [5.74, 6) is 2.02. The quantitative estimate of drug-likeness (QED) is 0.494. The minimum absolute atomic E-state index is 0. The second-order valence-corrected chi connectivity index (χ2v) is 8.88. The third-order valence-electron chi connectivity index (χ3n) is 6.93. The Hall–Kier alpha value is -2.78. The number of benzene rings is 3. The van der Waals surface area contributed by atoms with Gasteiger partial charge in [-0.1, -0.05) is 56.0 Å². The molecule has 3 heteroatoms. The third kappa shape index (κ3) is 4.83. The number of aromatic hydroxyl groups is 1. The van der Waals surface area contributed by atoms with Crippen molar-refractivity contribution in [2.75, 3.05) is 26.2 Å². The van der Waals surface area contributed by atoms with E-state index in [-0.39, 0.29) is 13.3 Å². The van der Waals surface area contributed by atoms with Crippen molar-refractivity contribution in [2.45, 2.75) is 44.9 Å². The Morgan fingerprint density at radius 2 is 1.62 bits per heavy atom. The van der Waals surface area contributed by atoms with Gasteiger partial charge in [-0.25, -0.2) is 0 Å². The monoisotopic (exact) mass is 429 g/mol. The van der Waals surface area contributed by atoms with Crippen LogP contribution in [0.3, 0.4) is 0 Å². The molecule has 0 bridgehead atoms. The Labute approximate surface area is 192 Å². The van der Waals surface area contributed by atoms with Gasteiger partial charge < -0.3 is 9.84 Å². The Balaban J connectivity index is 0.00000245. The molecule has 0 spiro atoms. The van der Waals surface area contributed by atoms with E-state index in [1.54, 1.807) is 0 Å². The van der Waals surface area contributed by atoms with Gasteiger partial charge in [0.05, 0.1) is 0 Å². The lowest BCUT2D eigenvalue weighted by molar-refractivity contribution is 0.237. The molecule has 5 rings (SSSR count). The van der Waals surface area contributed by atoms with Gasteiger partial charge in [-0.05, 0) is 91.2 Å². The van der Waals surface area contributed by atoms with Crippen LogP contribution in [0.25, 0.3) is 0 Å². The van der Waals surface area contributed by atoms with E-state index in [0.29, 0.717) is 11.7 Å². The average molecular weight is 430 g/mol. The van der Waals surface area contributed by atoms with Crippen molar-refractivity contribution in [2.24, 2.45) is 0 Å². The van der Waals surface area contributed by atoms with Crippen LogP contribution in [0.2, 0.25) is 0 Å². The SMILES string of the molecule is C.Oc1ccc2c(c1)CCC(c1ccccc1)C2c1ccc(OCCN2CCCC2)cc1. The van der Waals surface area contributed by atoms with Gasteiger partial charge in [0, 0.05) is 12.5 Å². The predicted octanol–water partition coefficient (Wildman–Crippen LogP) is 6.36. The fourth-order valence-corrected chi connectivity index (χ4v) is 5.35. The molecule has 1 saturated heterocycles. The highest BCUT2D eigenvalue weighted by molar-refractivity contribution is 5.48. The van der Waals surface area contributed by atoms with E-state index in [2.05, 4.69) is 65.6 Å². The molecule has 0 saturated carbocycles. The molecule has 3 aromatic carbocycles. The molecule has 1 aliphatic heterocycles. The van der Waals surface area contributed by atoms with E-state index in [1.807, 2.05) is 12.1 Å². The van der Waals surface area contributed by atoms with Crippen LogP contribution in [0.4, 0.5) is 0 Å². The molecule has 1 fully saturated rings. The average Bonchev–Trinajstić information content (AvgIpc) is 3.33. The lowest BCUT2D eigenvalue weighted by atomic mass is 9.69. The standard InChI is InChI=1S/C28H31NO2.CH4/c30-24-11-15-27-23(20-24)10-14-26(21-6-2-1-3-7-21)28(27)22-8-12-25(13-9-22)31-19-18-29-16-4-5-17-29;/h1-3,6-9,11-13,15,20,26,28,30H,4-5,10,14,16-19H2;1H4. The summed E-state index contributed by atoms with van der Waals surface area (Å²) in [6, 6.07) is 25.4. The normalized spacial score (nSPS) is 20.4. The number of hydrogen-bond donors (Lipinski definition) is 1. The first-order valence-electron chi connectivity index (χ1n) is 11.6. The largest absolute Gasteiger partial charge is 0.508 e. The van der Waals surface area contributed by atoms with Crippen molar-refractivity contribution in [3.05, 3.63) is 95.1 Å². The Morgan fingerprint density at radius 3 is 2.38 bits per heavy atom. The van der Waals surface area contributed by atoms with Crippen molar-refractivity contribution in [1.82, 2.24) is 4.90 Å². The molecule has 2 aliphatic rings.